The van der Waals surface area contributed by atoms with E-state index in [9.17, 15) is 9.59 Å². The zero-order valence-electron chi connectivity index (χ0n) is 22.2. The van der Waals surface area contributed by atoms with E-state index in [4.69, 9.17) is 25.8 Å². The number of hydrogen-bond donors (Lipinski definition) is 0. The van der Waals surface area contributed by atoms with Gasteiger partial charge in [0.1, 0.15) is 18.1 Å². The smallest absolute Gasteiger partial charge is 0.338 e. The molecule has 0 saturated carbocycles. The number of halogens is 1. The number of thiazole rings is 1. The van der Waals surface area contributed by atoms with Gasteiger partial charge in [0.2, 0.25) is 0 Å². The maximum absolute atomic E-state index is 13.9. The lowest BCUT2D eigenvalue weighted by Crippen LogP contribution is -2.39. The minimum absolute atomic E-state index is 0.210. The molecule has 40 heavy (non-hydrogen) atoms. The van der Waals surface area contributed by atoms with Gasteiger partial charge in [-0.1, -0.05) is 65.4 Å². The molecule has 0 fully saturated rings. The lowest BCUT2D eigenvalue weighted by molar-refractivity contribution is -0.139. The van der Waals surface area contributed by atoms with Crippen LogP contribution in [0.3, 0.4) is 0 Å². The van der Waals surface area contributed by atoms with Crippen molar-refractivity contribution in [2.24, 2.45) is 4.99 Å². The van der Waals surface area contributed by atoms with Crippen LogP contribution in [0.4, 0.5) is 0 Å². The van der Waals surface area contributed by atoms with E-state index in [0.29, 0.717) is 43.7 Å². The predicted molar refractivity (Wildman–Crippen MR) is 156 cm³/mol. The van der Waals surface area contributed by atoms with Crippen LogP contribution in [-0.4, -0.2) is 24.3 Å². The highest BCUT2D eigenvalue weighted by atomic mass is 35.5. The normalized spacial score (nSPS) is 14.9. The van der Waals surface area contributed by atoms with Crippen LogP contribution in [0.15, 0.2) is 93.9 Å². The SMILES string of the molecule is CCOC(=O)C1=C(C)N=c2s/c(=C\c3ccccc3OCc3cccc(Cl)c3)c(=O)n2[C@H]1c1ccc(OC)cc1. The standard InChI is InChI=1S/C31H27ClN2O5S/c1-4-38-30(36)27-19(2)33-31-34(28(27)21-12-14-24(37-3)15-13-21)29(35)26(40-31)17-22-9-5-6-11-25(22)39-18-20-8-7-10-23(32)16-20/h5-17,28H,4,18H2,1-3H3/b26-17-/t28-/m0/s1. The van der Waals surface area contributed by atoms with Gasteiger partial charge in [0.05, 0.1) is 35.6 Å². The number of carbonyl (C=O) groups is 1. The zero-order valence-corrected chi connectivity index (χ0v) is 23.8. The maximum Gasteiger partial charge on any atom is 0.338 e. The van der Waals surface area contributed by atoms with Crippen molar-refractivity contribution in [3.8, 4) is 11.5 Å². The third kappa shape index (κ3) is 5.59. The maximum atomic E-state index is 13.9. The summed E-state index contributed by atoms with van der Waals surface area (Å²) in [6.45, 7) is 4.05. The van der Waals surface area contributed by atoms with Crippen LogP contribution in [-0.2, 0) is 16.1 Å². The summed E-state index contributed by atoms with van der Waals surface area (Å²) in [4.78, 5) is 32.1. The van der Waals surface area contributed by atoms with Crippen molar-refractivity contribution in [1.29, 1.82) is 0 Å². The molecular weight excluding hydrogens is 548 g/mol. The summed E-state index contributed by atoms with van der Waals surface area (Å²) in [7, 11) is 1.59. The predicted octanol–water partition coefficient (Wildman–Crippen LogP) is 5.04. The highest BCUT2D eigenvalue weighted by molar-refractivity contribution is 7.07. The van der Waals surface area contributed by atoms with Crippen molar-refractivity contribution in [2.45, 2.75) is 26.5 Å². The van der Waals surface area contributed by atoms with Crippen LogP contribution in [0, 0.1) is 0 Å². The van der Waals surface area contributed by atoms with E-state index < -0.39 is 12.0 Å². The van der Waals surface area contributed by atoms with Gasteiger partial charge in [-0.25, -0.2) is 9.79 Å². The van der Waals surface area contributed by atoms with E-state index in [-0.39, 0.29) is 12.2 Å². The fourth-order valence-electron chi connectivity index (χ4n) is 4.55. The number of allylic oxidation sites excluding steroid dienone is 1. The van der Waals surface area contributed by atoms with Crippen LogP contribution in [0.25, 0.3) is 6.08 Å². The van der Waals surface area contributed by atoms with E-state index >= 15 is 0 Å². The Hall–Kier alpha value is -4.14. The van der Waals surface area contributed by atoms with Gasteiger partial charge in [-0.2, -0.15) is 0 Å². The highest BCUT2D eigenvalue weighted by Gasteiger charge is 2.33. The number of para-hydroxylation sites is 1. The number of rotatable bonds is 8. The number of methoxy groups -OCH3 is 1. The molecule has 0 spiro atoms. The van der Waals surface area contributed by atoms with Crippen molar-refractivity contribution in [3.05, 3.63) is 125 Å². The summed E-state index contributed by atoms with van der Waals surface area (Å²) < 4.78 is 18.8. The molecule has 0 radical (unpaired) electrons. The first-order valence-electron chi connectivity index (χ1n) is 12.7. The molecule has 1 aliphatic heterocycles. The monoisotopic (exact) mass is 574 g/mol. The van der Waals surface area contributed by atoms with Crippen molar-refractivity contribution in [3.63, 3.8) is 0 Å². The molecule has 3 aromatic carbocycles. The van der Waals surface area contributed by atoms with Gasteiger partial charge in [-0.3, -0.25) is 9.36 Å². The molecule has 0 aliphatic carbocycles. The number of ether oxygens (including phenoxy) is 3. The number of aromatic nitrogens is 1. The Balaban J connectivity index is 1.59. The number of nitrogens with zero attached hydrogens (tertiary/aromatic N) is 2. The summed E-state index contributed by atoms with van der Waals surface area (Å²) >= 11 is 7.38. The van der Waals surface area contributed by atoms with E-state index in [1.807, 2.05) is 60.7 Å². The summed E-state index contributed by atoms with van der Waals surface area (Å²) in [5, 5.41) is 0.638. The molecule has 204 valence electrons. The van der Waals surface area contributed by atoms with Gasteiger partial charge >= 0.3 is 5.97 Å². The van der Waals surface area contributed by atoms with Crippen molar-refractivity contribution in [1.82, 2.24) is 4.57 Å². The van der Waals surface area contributed by atoms with E-state index in [2.05, 4.69) is 4.99 Å². The Bertz CT molecular complexity index is 1770. The molecule has 0 bridgehead atoms. The van der Waals surface area contributed by atoms with E-state index in [1.165, 1.54) is 11.3 Å². The molecule has 0 saturated heterocycles. The average Bonchev–Trinajstić information content (AvgIpc) is 3.26. The molecule has 9 heteroatoms. The lowest BCUT2D eigenvalue weighted by Gasteiger charge is -2.24. The molecule has 4 aromatic rings. The fourth-order valence-corrected chi connectivity index (χ4v) is 5.80. The van der Waals surface area contributed by atoms with E-state index in [0.717, 1.165) is 16.7 Å². The lowest BCUT2D eigenvalue weighted by atomic mass is 9.96. The van der Waals surface area contributed by atoms with Crippen LogP contribution in [0.2, 0.25) is 5.02 Å². The topological polar surface area (TPSA) is 79.1 Å². The summed E-state index contributed by atoms with van der Waals surface area (Å²) in [5.74, 6) is 0.797. The molecular formula is C31H27ClN2O5S. The fraction of sp³-hybridized carbons (Fsp3) is 0.194. The zero-order chi connectivity index (χ0) is 28.2. The van der Waals surface area contributed by atoms with Crippen LogP contribution < -0.4 is 24.4 Å². The van der Waals surface area contributed by atoms with E-state index in [1.54, 1.807) is 43.7 Å². The van der Waals surface area contributed by atoms with Crippen LogP contribution >= 0.6 is 22.9 Å². The number of esters is 1. The van der Waals surface area contributed by atoms with Crippen molar-refractivity contribution in [2.75, 3.05) is 13.7 Å². The highest BCUT2D eigenvalue weighted by Crippen LogP contribution is 2.31. The van der Waals surface area contributed by atoms with Gasteiger partial charge in [0.25, 0.3) is 5.56 Å². The average molecular weight is 575 g/mol. The molecule has 2 heterocycles. The molecule has 1 aliphatic rings. The largest absolute Gasteiger partial charge is 0.497 e. The summed E-state index contributed by atoms with van der Waals surface area (Å²) in [6, 6.07) is 21.6. The summed E-state index contributed by atoms with van der Waals surface area (Å²) in [6.07, 6.45) is 1.80. The van der Waals surface area contributed by atoms with Gasteiger partial charge in [-0.15, -0.1) is 0 Å². The molecule has 0 unspecified atom stereocenters. The van der Waals surface area contributed by atoms with Gasteiger partial charge in [0.15, 0.2) is 4.80 Å². The Morgan fingerprint density at radius 1 is 1.10 bits per heavy atom. The Morgan fingerprint density at radius 3 is 2.60 bits per heavy atom. The number of benzene rings is 3. The quantitative estimate of drug-likeness (QED) is 0.276. The van der Waals surface area contributed by atoms with Gasteiger partial charge in [0, 0.05) is 10.6 Å². The second-order valence-corrected chi connectivity index (χ2v) is 10.5. The Kier molecular flexibility index (Phi) is 8.19. The molecule has 5 rings (SSSR count). The molecule has 0 amide bonds. The Morgan fingerprint density at radius 2 is 1.88 bits per heavy atom. The first-order chi connectivity index (χ1) is 19.4. The Labute approximate surface area is 240 Å². The minimum Gasteiger partial charge on any atom is -0.497 e. The molecule has 1 atom stereocenters. The van der Waals surface area contributed by atoms with Crippen molar-refractivity contribution >= 4 is 35.0 Å². The second kappa shape index (κ2) is 11.9. The molecule has 1 aromatic heterocycles. The second-order valence-electron chi connectivity index (χ2n) is 9.03. The first-order valence-corrected chi connectivity index (χ1v) is 13.9. The number of carbonyl (C=O) groups excluding carboxylic acids is 1. The number of fused-ring (bicyclic) bond motifs is 1. The molecule has 7 nitrogen and oxygen atoms in total. The molecule has 0 N–H and O–H groups in total. The van der Waals surface area contributed by atoms with Gasteiger partial charge in [-0.05, 0) is 61.4 Å². The van der Waals surface area contributed by atoms with Crippen LogP contribution in [0.5, 0.6) is 11.5 Å². The summed E-state index contributed by atoms with van der Waals surface area (Å²) in [5.41, 5.74) is 3.01. The third-order valence-corrected chi connectivity index (χ3v) is 7.66. The number of hydrogen-bond acceptors (Lipinski definition) is 7. The third-order valence-electron chi connectivity index (χ3n) is 6.44. The minimum atomic E-state index is -0.697. The van der Waals surface area contributed by atoms with Crippen LogP contribution in [0.1, 0.15) is 36.6 Å². The first kappa shape index (κ1) is 27.4. The van der Waals surface area contributed by atoms with Crippen molar-refractivity contribution < 1.29 is 19.0 Å². The van der Waals surface area contributed by atoms with Gasteiger partial charge < -0.3 is 14.2 Å².